The first-order valence-corrected chi connectivity index (χ1v) is 9.95. The van der Waals surface area contributed by atoms with Gasteiger partial charge in [-0.3, -0.25) is 4.39 Å². The molecule has 7 heteroatoms. The molecule has 1 heterocycles. The van der Waals surface area contributed by atoms with Gasteiger partial charge in [-0.2, -0.15) is 0 Å². The fraction of sp³-hybridized carbons (Fsp3) is 0.500. The molecule has 0 radical (unpaired) electrons. The van der Waals surface area contributed by atoms with Crippen molar-refractivity contribution >= 4 is 21.4 Å². The van der Waals surface area contributed by atoms with Crippen LogP contribution in [0, 0.1) is 5.41 Å². The minimum Gasteiger partial charge on any atom is -0.486 e. The molecule has 1 aliphatic heterocycles. The summed E-state index contributed by atoms with van der Waals surface area (Å²) >= 11 is 0. The van der Waals surface area contributed by atoms with E-state index in [-0.39, 0.29) is 17.3 Å². The molecule has 136 valence electrons. The van der Waals surface area contributed by atoms with Gasteiger partial charge in [0.15, 0.2) is 9.84 Å². The lowest BCUT2D eigenvalue weighted by Crippen LogP contribution is -2.22. The smallest absolute Gasteiger partial charge is 0.374 e. The van der Waals surface area contributed by atoms with Gasteiger partial charge >= 0.3 is 5.97 Å². The number of alkyl halides is 1. The Bertz CT molecular complexity index is 833. The summed E-state index contributed by atoms with van der Waals surface area (Å²) in [6.45, 7) is 3.14. The van der Waals surface area contributed by atoms with E-state index in [1.54, 1.807) is 26.0 Å². The van der Waals surface area contributed by atoms with E-state index in [1.165, 1.54) is 12.1 Å². The number of esters is 1. The highest BCUT2D eigenvalue weighted by Crippen LogP contribution is 2.48. The molecule has 0 atom stereocenters. The van der Waals surface area contributed by atoms with Gasteiger partial charge in [-0.1, -0.05) is 12.1 Å². The van der Waals surface area contributed by atoms with Crippen LogP contribution in [-0.4, -0.2) is 39.5 Å². The molecule has 0 unspecified atom stereocenters. The van der Waals surface area contributed by atoms with Gasteiger partial charge in [0.1, 0.15) is 5.60 Å². The second kappa shape index (κ2) is 5.83. The molecule has 0 amide bonds. The van der Waals surface area contributed by atoms with Crippen molar-refractivity contribution in [2.45, 2.75) is 37.2 Å². The second-order valence-corrected chi connectivity index (χ2v) is 9.34. The summed E-state index contributed by atoms with van der Waals surface area (Å²) in [4.78, 5) is 12.4. The minimum atomic E-state index is -3.31. The molecule has 0 N–H and O–H groups in total. The van der Waals surface area contributed by atoms with Crippen LogP contribution in [0.2, 0.25) is 0 Å². The number of benzene rings is 1. The zero-order valence-corrected chi connectivity index (χ0v) is 15.3. The third-order valence-electron chi connectivity index (χ3n) is 4.70. The number of hydrogen-bond donors (Lipinski definition) is 0. The molecule has 0 bridgehead atoms. The summed E-state index contributed by atoms with van der Waals surface area (Å²) in [5.74, 6) is -0.501. The lowest BCUT2D eigenvalue weighted by Gasteiger charge is -2.21. The lowest BCUT2D eigenvalue weighted by molar-refractivity contribution is -0.147. The summed E-state index contributed by atoms with van der Waals surface area (Å²) < 4.78 is 47.4. The second-order valence-electron chi connectivity index (χ2n) is 7.32. The summed E-state index contributed by atoms with van der Waals surface area (Å²) in [6.07, 6.45) is 2.62. The van der Waals surface area contributed by atoms with Crippen LogP contribution >= 0.6 is 0 Å². The predicted octanol–water partition coefficient (Wildman–Crippen LogP) is 2.90. The first kappa shape index (κ1) is 17.9. The van der Waals surface area contributed by atoms with Crippen molar-refractivity contribution in [3.05, 3.63) is 35.6 Å². The van der Waals surface area contributed by atoms with E-state index in [2.05, 4.69) is 0 Å². The van der Waals surface area contributed by atoms with Crippen molar-refractivity contribution in [3.63, 3.8) is 0 Å². The van der Waals surface area contributed by atoms with Crippen molar-refractivity contribution in [3.8, 4) is 0 Å². The van der Waals surface area contributed by atoms with E-state index in [0.717, 1.165) is 19.1 Å². The molecule has 1 saturated carbocycles. The van der Waals surface area contributed by atoms with Crippen LogP contribution in [-0.2, 0) is 24.1 Å². The molecule has 0 spiro atoms. The van der Waals surface area contributed by atoms with Crippen molar-refractivity contribution in [1.29, 1.82) is 0 Å². The average Bonchev–Trinajstić information content (AvgIpc) is 3.25. The topological polar surface area (TPSA) is 69.7 Å². The van der Waals surface area contributed by atoms with Gasteiger partial charge in [0.25, 0.3) is 0 Å². The number of carbonyl (C=O) groups excluding carboxylic acids is 1. The van der Waals surface area contributed by atoms with E-state index >= 15 is 0 Å². The number of halogens is 1. The highest BCUT2D eigenvalue weighted by atomic mass is 32.2. The van der Waals surface area contributed by atoms with Crippen LogP contribution in [0.1, 0.15) is 32.3 Å². The summed E-state index contributed by atoms with van der Waals surface area (Å²) in [5.41, 5.74) is -0.202. The molecule has 2 aliphatic rings. The molecule has 0 saturated heterocycles. The zero-order valence-electron chi connectivity index (χ0n) is 14.5. The van der Waals surface area contributed by atoms with Gasteiger partial charge in [0, 0.05) is 11.7 Å². The molecule has 1 aromatic rings. The fourth-order valence-electron chi connectivity index (χ4n) is 2.90. The molecular formula is C18H21FO5S. The summed E-state index contributed by atoms with van der Waals surface area (Å²) in [5, 5.41) is 0. The highest BCUT2D eigenvalue weighted by Gasteiger charge is 2.47. The predicted molar refractivity (Wildman–Crippen MR) is 90.2 cm³/mol. The maximum atomic E-state index is 13.1. The van der Waals surface area contributed by atoms with E-state index in [9.17, 15) is 17.6 Å². The van der Waals surface area contributed by atoms with Crippen LogP contribution in [0.3, 0.4) is 0 Å². The number of hydrogen-bond acceptors (Lipinski definition) is 5. The van der Waals surface area contributed by atoms with E-state index in [0.29, 0.717) is 11.1 Å². The van der Waals surface area contributed by atoms with Crippen molar-refractivity contribution in [2.75, 3.05) is 19.5 Å². The van der Waals surface area contributed by atoms with Gasteiger partial charge in [-0.15, -0.1) is 0 Å². The maximum absolute atomic E-state index is 13.1. The molecular weight excluding hydrogens is 347 g/mol. The van der Waals surface area contributed by atoms with Crippen molar-refractivity contribution in [2.24, 2.45) is 5.41 Å². The van der Waals surface area contributed by atoms with Crippen LogP contribution in [0.5, 0.6) is 0 Å². The van der Waals surface area contributed by atoms with Gasteiger partial charge in [0.2, 0.25) is 5.76 Å². The number of sulfone groups is 1. The Morgan fingerprint density at radius 3 is 2.28 bits per heavy atom. The monoisotopic (exact) mass is 368 g/mol. The summed E-state index contributed by atoms with van der Waals surface area (Å²) in [6, 6.07) is 6.22. The first-order chi connectivity index (χ1) is 11.6. The van der Waals surface area contributed by atoms with Crippen LogP contribution < -0.4 is 0 Å². The molecule has 1 aliphatic carbocycles. The molecule has 25 heavy (non-hydrogen) atoms. The van der Waals surface area contributed by atoms with E-state index in [1.807, 2.05) is 0 Å². The fourth-order valence-corrected chi connectivity index (χ4v) is 3.53. The first-order valence-electron chi connectivity index (χ1n) is 8.05. The number of ether oxygens (including phenoxy) is 2. The average molecular weight is 368 g/mol. The van der Waals surface area contributed by atoms with Crippen LogP contribution in [0.25, 0.3) is 5.57 Å². The molecule has 3 rings (SSSR count). The third kappa shape index (κ3) is 3.42. The van der Waals surface area contributed by atoms with E-state index < -0.39 is 33.5 Å². The maximum Gasteiger partial charge on any atom is 0.374 e. The number of rotatable bonds is 6. The van der Waals surface area contributed by atoms with Crippen LogP contribution in [0.4, 0.5) is 4.39 Å². The van der Waals surface area contributed by atoms with Crippen molar-refractivity contribution < 1.29 is 27.1 Å². The number of carbonyl (C=O) groups is 1. The van der Waals surface area contributed by atoms with Gasteiger partial charge < -0.3 is 9.47 Å². The molecule has 5 nitrogen and oxygen atoms in total. The SMILES string of the molecule is CC1(C)OC(=O)C(OCC2(CF)CC2)=C1c1ccc(S(C)(=O)=O)cc1. The normalized spacial score (nSPS) is 21.2. The lowest BCUT2D eigenvalue weighted by atomic mass is 9.92. The molecule has 0 aromatic heterocycles. The quantitative estimate of drug-likeness (QED) is 0.722. The van der Waals surface area contributed by atoms with Gasteiger partial charge in [-0.25, -0.2) is 13.2 Å². The van der Waals surface area contributed by atoms with E-state index in [4.69, 9.17) is 9.47 Å². The van der Waals surface area contributed by atoms with Gasteiger partial charge in [-0.05, 0) is 44.4 Å². The molecule has 1 aromatic carbocycles. The Balaban J connectivity index is 1.96. The Labute approximate surface area is 146 Å². The minimum absolute atomic E-state index is 0.0804. The number of cyclic esters (lactones) is 1. The Morgan fingerprint density at radius 2 is 1.80 bits per heavy atom. The van der Waals surface area contributed by atoms with Gasteiger partial charge in [0.05, 0.1) is 23.8 Å². The third-order valence-corrected chi connectivity index (χ3v) is 5.83. The molecule has 1 fully saturated rings. The van der Waals surface area contributed by atoms with Crippen molar-refractivity contribution in [1.82, 2.24) is 0 Å². The van der Waals surface area contributed by atoms with Crippen LogP contribution in [0.15, 0.2) is 34.9 Å². The Hall–Kier alpha value is -1.89. The Kier molecular flexibility index (Phi) is 4.18. The largest absolute Gasteiger partial charge is 0.486 e. The summed E-state index contributed by atoms with van der Waals surface area (Å²) in [7, 11) is -3.31. The zero-order chi connectivity index (χ0) is 18.5. The highest BCUT2D eigenvalue weighted by molar-refractivity contribution is 7.90. The standard InChI is InChI=1S/C18H21FO5S/c1-17(2)14(12-4-6-13(7-5-12)25(3,21)22)15(16(20)24-17)23-11-18(10-19)8-9-18/h4-7H,8-11H2,1-3H3. The Morgan fingerprint density at radius 1 is 1.20 bits per heavy atom.